The Bertz CT molecular complexity index is 486. The van der Waals surface area contributed by atoms with Crippen LogP contribution in [0.5, 0.6) is 0 Å². The fraction of sp³-hybridized carbons (Fsp3) is 0.231. The highest BCUT2D eigenvalue weighted by Crippen LogP contribution is 2.13. The number of rotatable bonds is 3. The lowest BCUT2D eigenvalue weighted by atomic mass is 10.1. The fourth-order valence-corrected chi connectivity index (χ4v) is 1.38. The first-order valence-electron chi connectivity index (χ1n) is 5.11. The van der Waals surface area contributed by atoms with Crippen LogP contribution in [0.15, 0.2) is 18.2 Å². The highest BCUT2D eigenvalue weighted by molar-refractivity contribution is 6.30. The second-order valence-corrected chi connectivity index (χ2v) is 3.82. The number of carbonyl (C=O) groups is 2. The van der Waals surface area contributed by atoms with Crippen LogP contribution >= 0.6 is 11.6 Å². The van der Waals surface area contributed by atoms with Crippen molar-refractivity contribution in [1.82, 2.24) is 5.32 Å². The molecule has 0 saturated heterocycles. The van der Waals surface area contributed by atoms with Crippen molar-refractivity contribution in [3.8, 4) is 11.8 Å². The summed E-state index contributed by atoms with van der Waals surface area (Å²) in [6.07, 6.45) is 1.27. The average Bonchev–Trinajstić information content (AvgIpc) is 2.29. The topological polar surface area (TPSA) is 46.2 Å². The van der Waals surface area contributed by atoms with Gasteiger partial charge in [-0.3, -0.25) is 9.59 Å². The van der Waals surface area contributed by atoms with E-state index >= 15 is 0 Å². The van der Waals surface area contributed by atoms with Gasteiger partial charge in [-0.2, -0.15) is 0 Å². The van der Waals surface area contributed by atoms with E-state index in [1.807, 2.05) is 0 Å². The van der Waals surface area contributed by atoms with Gasteiger partial charge in [0.2, 0.25) is 5.91 Å². The maximum absolute atomic E-state index is 10.8. The summed E-state index contributed by atoms with van der Waals surface area (Å²) in [6, 6.07) is 4.97. The monoisotopic (exact) mass is 249 g/mol. The van der Waals surface area contributed by atoms with Crippen molar-refractivity contribution < 1.29 is 9.59 Å². The van der Waals surface area contributed by atoms with Gasteiger partial charge >= 0.3 is 0 Å². The molecule has 1 aromatic carbocycles. The maximum atomic E-state index is 10.8. The van der Waals surface area contributed by atoms with Gasteiger partial charge in [-0.05, 0) is 18.2 Å². The molecule has 88 valence electrons. The van der Waals surface area contributed by atoms with Gasteiger partial charge < -0.3 is 5.32 Å². The Hall–Kier alpha value is -1.79. The van der Waals surface area contributed by atoms with Crippen LogP contribution in [0, 0.1) is 11.8 Å². The molecule has 1 rings (SSSR count). The van der Waals surface area contributed by atoms with E-state index in [1.165, 1.54) is 6.92 Å². The van der Waals surface area contributed by atoms with Crippen LogP contribution in [0.4, 0.5) is 0 Å². The Morgan fingerprint density at radius 1 is 1.53 bits per heavy atom. The molecular formula is C13H12ClNO2. The van der Waals surface area contributed by atoms with Crippen molar-refractivity contribution in [3.63, 3.8) is 0 Å². The molecule has 0 aliphatic heterocycles. The van der Waals surface area contributed by atoms with Crippen molar-refractivity contribution in [2.24, 2.45) is 0 Å². The average molecular weight is 250 g/mol. The molecule has 1 amide bonds. The van der Waals surface area contributed by atoms with Gasteiger partial charge in [0.1, 0.15) is 0 Å². The lowest BCUT2D eigenvalue weighted by Crippen LogP contribution is -2.20. The lowest BCUT2D eigenvalue weighted by molar-refractivity contribution is -0.118. The molecule has 0 aromatic heterocycles. The zero-order chi connectivity index (χ0) is 12.7. The zero-order valence-electron chi connectivity index (χ0n) is 9.42. The van der Waals surface area contributed by atoms with Crippen LogP contribution in [0.2, 0.25) is 5.02 Å². The van der Waals surface area contributed by atoms with Gasteiger partial charge in [0.15, 0.2) is 6.29 Å². The molecule has 17 heavy (non-hydrogen) atoms. The van der Waals surface area contributed by atoms with E-state index in [0.29, 0.717) is 29.1 Å². The molecule has 1 aromatic rings. The van der Waals surface area contributed by atoms with Crippen LogP contribution in [-0.2, 0) is 4.79 Å². The third-order valence-corrected chi connectivity index (χ3v) is 2.22. The Labute approximate surface area is 105 Å². The number of nitrogens with one attached hydrogen (secondary N) is 1. The third kappa shape index (κ3) is 4.71. The second-order valence-electron chi connectivity index (χ2n) is 3.38. The van der Waals surface area contributed by atoms with E-state index in [-0.39, 0.29) is 5.91 Å². The molecule has 0 saturated carbocycles. The minimum atomic E-state index is -0.0770. The van der Waals surface area contributed by atoms with Crippen LogP contribution in [-0.4, -0.2) is 18.7 Å². The molecule has 0 radical (unpaired) electrons. The summed E-state index contributed by atoms with van der Waals surface area (Å²) in [5, 5.41) is 3.15. The van der Waals surface area contributed by atoms with Crippen LogP contribution in [0.1, 0.15) is 29.3 Å². The molecule has 0 fully saturated rings. The number of carbonyl (C=O) groups excluding carboxylic acids is 2. The number of amides is 1. The highest BCUT2D eigenvalue weighted by atomic mass is 35.5. The predicted molar refractivity (Wildman–Crippen MR) is 67.0 cm³/mol. The van der Waals surface area contributed by atoms with E-state index in [2.05, 4.69) is 17.2 Å². The summed E-state index contributed by atoms with van der Waals surface area (Å²) < 4.78 is 0. The Kier molecular flexibility index (Phi) is 5.25. The molecular weight excluding hydrogens is 238 g/mol. The summed E-state index contributed by atoms with van der Waals surface area (Å²) in [5.74, 6) is 5.68. The van der Waals surface area contributed by atoms with Crippen LogP contribution < -0.4 is 5.32 Å². The minimum Gasteiger partial charge on any atom is -0.355 e. The number of halogens is 1. The number of benzene rings is 1. The van der Waals surface area contributed by atoms with Gasteiger partial charge in [0.05, 0.1) is 0 Å². The molecule has 0 heterocycles. The molecule has 0 atom stereocenters. The van der Waals surface area contributed by atoms with Gasteiger partial charge in [-0.15, -0.1) is 0 Å². The molecule has 0 spiro atoms. The number of hydrogen-bond acceptors (Lipinski definition) is 2. The summed E-state index contributed by atoms with van der Waals surface area (Å²) in [4.78, 5) is 21.4. The van der Waals surface area contributed by atoms with Gasteiger partial charge in [0, 0.05) is 36.0 Å². The predicted octanol–water partition coefficient (Wildman–Crippen LogP) is 2.03. The standard InChI is InChI=1S/C13H12ClNO2/c1-10(17)15-7-3-2-4-11-5-6-13(14)8-12(11)9-16/h5-6,8-9H,3,7H2,1H3,(H,15,17). The van der Waals surface area contributed by atoms with E-state index in [0.717, 1.165) is 6.29 Å². The molecule has 1 N–H and O–H groups in total. The Balaban J connectivity index is 2.65. The molecule has 4 heteroatoms. The minimum absolute atomic E-state index is 0.0770. The number of hydrogen-bond donors (Lipinski definition) is 1. The van der Waals surface area contributed by atoms with Crippen molar-refractivity contribution in [2.75, 3.05) is 6.54 Å². The van der Waals surface area contributed by atoms with Crippen molar-refractivity contribution in [3.05, 3.63) is 34.3 Å². The van der Waals surface area contributed by atoms with E-state index in [1.54, 1.807) is 18.2 Å². The first-order valence-corrected chi connectivity index (χ1v) is 5.49. The molecule has 0 unspecified atom stereocenters. The van der Waals surface area contributed by atoms with Crippen molar-refractivity contribution >= 4 is 23.8 Å². The first kappa shape index (κ1) is 13.3. The largest absolute Gasteiger partial charge is 0.355 e. The van der Waals surface area contributed by atoms with Crippen LogP contribution in [0.3, 0.4) is 0 Å². The Morgan fingerprint density at radius 3 is 2.94 bits per heavy atom. The Morgan fingerprint density at radius 2 is 2.29 bits per heavy atom. The summed E-state index contributed by atoms with van der Waals surface area (Å²) in [7, 11) is 0. The van der Waals surface area contributed by atoms with E-state index in [9.17, 15) is 9.59 Å². The highest BCUT2D eigenvalue weighted by Gasteiger charge is 1.99. The quantitative estimate of drug-likeness (QED) is 0.506. The van der Waals surface area contributed by atoms with E-state index in [4.69, 9.17) is 11.6 Å². The van der Waals surface area contributed by atoms with E-state index < -0.39 is 0 Å². The zero-order valence-corrected chi connectivity index (χ0v) is 10.2. The van der Waals surface area contributed by atoms with Gasteiger partial charge in [0.25, 0.3) is 0 Å². The third-order valence-electron chi connectivity index (χ3n) is 1.99. The smallest absolute Gasteiger partial charge is 0.216 e. The van der Waals surface area contributed by atoms with Crippen molar-refractivity contribution in [2.45, 2.75) is 13.3 Å². The summed E-state index contributed by atoms with van der Waals surface area (Å²) in [6.45, 7) is 1.96. The second kappa shape index (κ2) is 6.72. The summed E-state index contributed by atoms with van der Waals surface area (Å²) in [5.41, 5.74) is 1.12. The lowest BCUT2D eigenvalue weighted by Gasteiger charge is -1.97. The summed E-state index contributed by atoms with van der Waals surface area (Å²) >= 11 is 5.76. The normalized spacial score (nSPS) is 9.06. The molecule has 3 nitrogen and oxygen atoms in total. The molecule has 0 aliphatic carbocycles. The van der Waals surface area contributed by atoms with Crippen molar-refractivity contribution in [1.29, 1.82) is 0 Å². The van der Waals surface area contributed by atoms with Gasteiger partial charge in [-0.25, -0.2) is 0 Å². The SMILES string of the molecule is CC(=O)NCCC#Cc1ccc(Cl)cc1C=O. The number of aldehydes is 1. The fourth-order valence-electron chi connectivity index (χ4n) is 1.20. The first-order chi connectivity index (χ1) is 8.13. The van der Waals surface area contributed by atoms with Crippen LogP contribution in [0.25, 0.3) is 0 Å². The maximum Gasteiger partial charge on any atom is 0.216 e. The molecule has 0 aliphatic rings. The van der Waals surface area contributed by atoms with Gasteiger partial charge in [-0.1, -0.05) is 23.4 Å². The molecule has 0 bridgehead atoms.